The maximum Gasteiger partial charge on any atom is 0.326 e. The summed E-state index contributed by atoms with van der Waals surface area (Å²) in [7, 11) is 1.54. The minimum Gasteiger partial charge on any atom is -0.314 e. The lowest BCUT2D eigenvalue weighted by Gasteiger charge is -2.19. The highest BCUT2D eigenvalue weighted by Gasteiger charge is 2.32. The molecule has 0 radical (unpaired) electrons. The number of amides is 3. The topological polar surface area (TPSA) is 43.9 Å². The minimum absolute atomic E-state index is 0.0959. The average Bonchev–Trinajstić information content (AvgIpc) is 2.80. The monoisotopic (exact) mass is 211 g/mol. The molecule has 3 amide bonds. The van der Waals surface area contributed by atoms with Crippen molar-refractivity contribution in [3.05, 3.63) is 0 Å². The highest BCUT2D eigenvalue weighted by molar-refractivity contribution is 6.01. The van der Waals surface area contributed by atoms with Crippen molar-refractivity contribution >= 4 is 11.9 Å². The fourth-order valence-corrected chi connectivity index (χ4v) is 2.10. The van der Waals surface area contributed by atoms with Gasteiger partial charge >= 0.3 is 6.03 Å². The summed E-state index contributed by atoms with van der Waals surface area (Å²) >= 11 is 0. The quantitative estimate of drug-likeness (QED) is 0.616. The van der Waals surface area contributed by atoms with Crippen molar-refractivity contribution in [2.45, 2.75) is 12.8 Å². The van der Waals surface area contributed by atoms with Crippen molar-refractivity contribution in [3.8, 4) is 0 Å². The molecule has 2 heterocycles. The van der Waals surface area contributed by atoms with E-state index >= 15 is 0 Å². The summed E-state index contributed by atoms with van der Waals surface area (Å²) in [4.78, 5) is 27.9. The van der Waals surface area contributed by atoms with Crippen LogP contribution < -0.4 is 0 Å². The van der Waals surface area contributed by atoms with Gasteiger partial charge in [-0.3, -0.25) is 9.69 Å². The highest BCUT2D eigenvalue weighted by atomic mass is 16.2. The maximum absolute atomic E-state index is 11.5. The summed E-state index contributed by atoms with van der Waals surface area (Å²) in [5.74, 6) is -0.0959. The van der Waals surface area contributed by atoms with Crippen molar-refractivity contribution in [1.29, 1.82) is 0 Å². The predicted octanol–water partition coefficient (Wildman–Crippen LogP) is -0.0238. The van der Waals surface area contributed by atoms with E-state index in [-0.39, 0.29) is 18.5 Å². The van der Waals surface area contributed by atoms with Crippen molar-refractivity contribution in [2.24, 2.45) is 0 Å². The molecule has 2 rings (SSSR count). The van der Waals surface area contributed by atoms with Crippen LogP contribution in [0.5, 0.6) is 0 Å². The van der Waals surface area contributed by atoms with Gasteiger partial charge in [-0.05, 0) is 25.9 Å². The first-order valence-corrected chi connectivity index (χ1v) is 5.46. The van der Waals surface area contributed by atoms with Gasteiger partial charge in [0, 0.05) is 20.1 Å². The van der Waals surface area contributed by atoms with E-state index in [2.05, 4.69) is 4.90 Å². The van der Waals surface area contributed by atoms with E-state index in [4.69, 9.17) is 0 Å². The summed E-state index contributed by atoms with van der Waals surface area (Å²) in [6.45, 7) is 4.09. The SMILES string of the molecule is CN1C(=O)CN(CCN2CCCC2)C1=O. The lowest BCUT2D eigenvalue weighted by atomic mass is 10.4. The molecule has 5 heteroatoms. The molecule has 2 aliphatic rings. The second-order valence-electron chi connectivity index (χ2n) is 4.21. The van der Waals surface area contributed by atoms with Crippen LogP contribution in [0, 0.1) is 0 Å². The van der Waals surface area contributed by atoms with E-state index < -0.39 is 0 Å². The number of rotatable bonds is 3. The molecule has 0 aliphatic carbocycles. The van der Waals surface area contributed by atoms with Gasteiger partial charge in [-0.2, -0.15) is 0 Å². The van der Waals surface area contributed by atoms with Crippen LogP contribution in [0.3, 0.4) is 0 Å². The van der Waals surface area contributed by atoms with Crippen LogP contribution >= 0.6 is 0 Å². The van der Waals surface area contributed by atoms with Crippen molar-refractivity contribution < 1.29 is 9.59 Å². The van der Waals surface area contributed by atoms with Crippen molar-refractivity contribution in [1.82, 2.24) is 14.7 Å². The molecule has 84 valence electrons. The Morgan fingerprint density at radius 1 is 1.13 bits per heavy atom. The van der Waals surface area contributed by atoms with Crippen LogP contribution in [0.1, 0.15) is 12.8 Å². The molecule has 0 N–H and O–H groups in total. The Morgan fingerprint density at radius 2 is 1.80 bits per heavy atom. The zero-order valence-electron chi connectivity index (χ0n) is 9.11. The van der Waals surface area contributed by atoms with E-state index in [1.165, 1.54) is 17.7 Å². The molecule has 0 atom stereocenters. The van der Waals surface area contributed by atoms with Crippen LogP contribution in [0.2, 0.25) is 0 Å². The fraction of sp³-hybridized carbons (Fsp3) is 0.800. The van der Waals surface area contributed by atoms with Crippen LogP contribution in [0.25, 0.3) is 0 Å². The summed E-state index contributed by atoms with van der Waals surface area (Å²) in [5.41, 5.74) is 0. The number of imide groups is 1. The van der Waals surface area contributed by atoms with Gasteiger partial charge < -0.3 is 9.80 Å². The second kappa shape index (κ2) is 4.18. The minimum atomic E-state index is -0.154. The van der Waals surface area contributed by atoms with Gasteiger partial charge in [0.05, 0.1) is 0 Å². The van der Waals surface area contributed by atoms with Crippen molar-refractivity contribution in [3.63, 3.8) is 0 Å². The molecule has 0 aromatic rings. The Balaban J connectivity index is 1.80. The molecular formula is C10H17N3O2. The zero-order valence-corrected chi connectivity index (χ0v) is 9.11. The third-order valence-corrected chi connectivity index (χ3v) is 3.14. The Hall–Kier alpha value is -1.10. The van der Waals surface area contributed by atoms with Gasteiger partial charge in [-0.25, -0.2) is 4.79 Å². The first kappa shape index (κ1) is 10.4. The molecule has 2 fully saturated rings. The predicted molar refractivity (Wildman–Crippen MR) is 55.4 cm³/mol. The van der Waals surface area contributed by atoms with Crippen LogP contribution in [-0.4, -0.2) is 66.4 Å². The van der Waals surface area contributed by atoms with Crippen LogP contribution in [0.15, 0.2) is 0 Å². The number of urea groups is 1. The Labute approximate surface area is 89.6 Å². The smallest absolute Gasteiger partial charge is 0.314 e. The average molecular weight is 211 g/mol. The second-order valence-corrected chi connectivity index (χ2v) is 4.21. The van der Waals surface area contributed by atoms with Gasteiger partial charge in [0.25, 0.3) is 0 Å². The molecule has 0 bridgehead atoms. The van der Waals surface area contributed by atoms with Crippen LogP contribution in [0.4, 0.5) is 4.79 Å². The molecule has 2 aliphatic heterocycles. The van der Waals surface area contributed by atoms with E-state index in [0.29, 0.717) is 6.54 Å². The fourth-order valence-electron chi connectivity index (χ4n) is 2.10. The van der Waals surface area contributed by atoms with Gasteiger partial charge in [0.1, 0.15) is 6.54 Å². The van der Waals surface area contributed by atoms with Gasteiger partial charge in [0.2, 0.25) is 5.91 Å². The van der Waals surface area contributed by atoms with Gasteiger partial charge in [-0.1, -0.05) is 0 Å². The summed E-state index contributed by atoms with van der Waals surface area (Å²) in [5, 5.41) is 0. The number of nitrogens with zero attached hydrogens (tertiary/aromatic N) is 3. The summed E-state index contributed by atoms with van der Waals surface area (Å²) in [6, 6.07) is -0.154. The third-order valence-electron chi connectivity index (χ3n) is 3.14. The number of carbonyl (C=O) groups is 2. The normalized spacial score (nSPS) is 23.3. The maximum atomic E-state index is 11.5. The third kappa shape index (κ3) is 2.12. The Morgan fingerprint density at radius 3 is 2.33 bits per heavy atom. The molecule has 0 saturated carbocycles. The number of likely N-dealkylation sites (N-methyl/N-ethyl adjacent to an activating group) is 1. The summed E-state index contributed by atoms with van der Waals surface area (Å²) < 4.78 is 0. The number of carbonyl (C=O) groups excluding carboxylic acids is 2. The zero-order chi connectivity index (χ0) is 10.8. The lowest BCUT2D eigenvalue weighted by molar-refractivity contribution is -0.124. The molecule has 2 saturated heterocycles. The number of hydrogen-bond donors (Lipinski definition) is 0. The first-order chi connectivity index (χ1) is 7.18. The molecule has 0 aromatic heterocycles. The molecule has 0 unspecified atom stereocenters. The number of likely N-dealkylation sites (tertiary alicyclic amines) is 1. The molecular weight excluding hydrogens is 194 g/mol. The Bertz CT molecular complexity index is 274. The summed E-state index contributed by atoms with van der Waals surface area (Å²) in [6.07, 6.45) is 2.51. The van der Waals surface area contributed by atoms with E-state index in [1.807, 2.05) is 0 Å². The lowest BCUT2D eigenvalue weighted by Crippen LogP contribution is -2.36. The van der Waals surface area contributed by atoms with Crippen molar-refractivity contribution in [2.75, 3.05) is 39.8 Å². The largest absolute Gasteiger partial charge is 0.326 e. The number of hydrogen-bond acceptors (Lipinski definition) is 3. The van der Waals surface area contributed by atoms with E-state index in [0.717, 1.165) is 19.6 Å². The van der Waals surface area contributed by atoms with E-state index in [1.54, 1.807) is 11.9 Å². The van der Waals surface area contributed by atoms with Crippen LogP contribution in [-0.2, 0) is 4.79 Å². The van der Waals surface area contributed by atoms with Gasteiger partial charge in [0.15, 0.2) is 0 Å². The van der Waals surface area contributed by atoms with E-state index in [9.17, 15) is 9.59 Å². The highest BCUT2D eigenvalue weighted by Crippen LogP contribution is 2.10. The van der Waals surface area contributed by atoms with Gasteiger partial charge in [-0.15, -0.1) is 0 Å². The molecule has 5 nitrogen and oxygen atoms in total. The molecule has 0 aromatic carbocycles. The first-order valence-electron chi connectivity index (χ1n) is 5.46. The Kier molecular flexibility index (Phi) is 2.90. The molecule has 0 spiro atoms. The molecule has 15 heavy (non-hydrogen) atoms. The standard InChI is InChI=1S/C10H17N3O2/c1-11-9(14)8-13(10(11)15)7-6-12-4-2-3-5-12/h2-8H2,1H3.